The highest BCUT2D eigenvalue weighted by atomic mass is 32.1. The number of ether oxygens (including phenoxy) is 1. The van der Waals surface area contributed by atoms with Crippen LogP contribution in [0.4, 0.5) is 10.8 Å². The molecule has 5 aromatic rings. The number of nitrogens with zero attached hydrogens (tertiary/aromatic N) is 4. The third kappa shape index (κ3) is 7.13. The summed E-state index contributed by atoms with van der Waals surface area (Å²) in [4.78, 5) is 4.11. The number of nitrogens with one attached hydrogen (secondary N) is 2. The molecule has 0 spiro atoms. The van der Waals surface area contributed by atoms with E-state index in [2.05, 4.69) is 69.1 Å². The van der Waals surface area contributed by atoms with Gasteiger partial charge in [-0.2, -0.15) is 5.26 Å². The first-order valence-electron chi connectivity index (χ1n) is 13.3. The van der Waals surface area contributed by atoms with Gasteiger partial charge < -0.3 is 20.5 Å². The van der Waals surface area contributed by atoms with E-state index in [-0.39, 0.29) is 6.61 Å². The SMILES string of the molecule is Cc1c(-c2ccccc2)cccc1-c1nnc(Nc2ccc(OCCc3cncc(C#N)c3)c(CNCCO)c2)s1. The van der Waals surface area contributed by atoms with Crippen LogP contribution in [0.3, 0.4) is 0 Å². The predicted octanol–water partition coefficient (Wildman–Crippen LogP) is 5.89. The summed E-state index contributed by atoms with van der Waals surface area (Å²) in [6, 6.07) is 26.4. The highest BCUT2D eigenvalue weighted by Gasteiger charge is 2.14. The van der Waals surface area contributed by atoms with Gasteiger partial charge in [0.15, 0.2) is 0 Å². The largest absolute Gasteiger partial charge is 0.493 e. The van der Waals surface area contributed by atoms with Crippen LogP contribution in [0.15, 0.2) is 85.2 Å². The number of aliphatic hydroxyl groups excluding tert-OH is 1. The van der Waals surface area contributed by atoms with Crippen molar-refractivity contribution in [2.45, 2.75) is 19.9 Å². The fourth-order valence-electron chi connectivity index (χ4n) is 4.51. The minimum Gasteiger partial charge on any atom is -0.493 e. The Morgan fingerprint density at radius 2 is 1.83 bits per heavy atom. The van der Waals surface area contributed by atoms with E-state index in [1.54, 1.807) is 12.4 Å². The molecule has 3 N–H and O–H groups in total. The lowest BCUT2D eigenvalue weighted by Crippen LogP contribution is -2.18. The number of pyridine rings is 1. The van der Waals surface area contributed by atoms with Crippen molar-refractivity contribution in [3.05, 3.63) is 107 Å². The van der Waals surface area contributed by atoms with Crippen LogP contribution in [0.25, 0.3) is 21.7 Å². The van der Waals surface area contributed by atoms with E-state index in [4.69, 9.17) is 10.00 Å². The Labute approximate surface area is 243 Å². The molecule has 0 amide bonds. The number of anilines is 2. The van der Waals surface area contributed by atoms with Gasteiger partial charge in [-0.25, -0.2) is 0 Å². The summed E-state index contributed by atoms with van der Waals surface area (Å²) >= 11 is 1.50. The molecular formula is C32H30N6O2S. The van der Waals surface area contributed by atoms with Gasteiger partial charge in [0.1, 0.15) is 16.8 Å². The van der Waals surface area contributed by atoms with Gasteiger partial charge in [0.05, 0.1) is 18.8 Å². The van der Waals surface area contributed by atoms with Crippen LogP contribution in [-0.2, 0) is 13.0 Å². The normalized spacial score (nSPS) is 10.8. The van der Waals surface area contributed by atoms with Gasteiger partial charge in [-0.05, 0) is 53.4 Å². The molecule has 0 aliphatic heterocycles. The molecule has 0 fully saturated rings. The summed E-state index contributed by atoms with van der Waals surface area (Å²) in [5.41, 5.74) is 7.86. The van der Waals surface area contributed by atoms with E-state index < -0.39 is 0 Å². The molecule has 0 saturated heterocycles. The van der Waals surface area contributed by atoms with Crippen molar-refractivity contribution in [3.63, 3.8) is 0 Å². The van der Waals surface area contributed by atoms with Crippen LogP contribution in [-0.4, -0.2) is 40.0 Å². The second-order valence-corrected chi connectivity index (χ2v) is 10.4. The van der Waals surface area contributed by atoms with Gasteiger partial charge in [0.2, 0.25) is 5.13 Å². The molecule has 206 valence electrons. The summed E-state index contributed by atoms with van der Waals surface area (Å²) in [5.74, 6) is 0.747. The quantitative estimate of drug-likeness (QED) is 0.161. The molecule has 0 aliphatic carbocycles. The minimum absolute atomic E-state index is 0.0504. The maximum absolute atomic E-state index is 9.22. The lowest BCUT2D eigenvalue weighted by atomic mass is 9.97. The molecule has 41 heavy (non-hydrogen) atoms. The van der Waals surface area contributed by atoms with Crippen LogP contribution in [0, 0.1) is 18.3 Å². The van der Waals surface area contributed by atoms with Gasteiger partial charge in [0.25, 0.3) is 0 Å². The van der Waals surface area contributed by atoms with E-state index in [0.29, 0.717) is 36.8 Å². The monoisotopic (exact) mass is 562 g/mol. The highest BCUT2D eigenvalue weighted by molar-refractivity contribution is 7.18. The Balaban J connectivity index is 1.30. The number of rotatable bonds is 12. The number of benzene rings is 3. The number of hydrogen-bond acceptors (Lipinski definition) is 9. The Bertz CT molecular complexity index is 1650. The Hall–Kier alpha value is -4.62. The van der Waals surface area contributed by atoms with Crippen molar-refractivity contribution in [3.8, 4) is 33.5 Å². The summed E-state index contributed by atoms with van der Waals surface area (Å²) in [7, 11) is 0. The van der Waals surface area contributed by atoms with Gasteiger partial charge in [-0.3, -0.25) is 4.98 Å². The van der Waals surface area contributed by atoms with Gasteiger partial charge >= 0.3 is 0 Å². The third-order valence-electron chi connectivity index (χ3n) is 6.56. The Kier molecular flexibility index (Phi) is 9.29. The van der Waals surface area contributed by atoms with Crippen molar-refractivity contribution in [2.24, 2.45) is 0 Å². The van der Waals surface area contributed by atoms with Crippen molar-refractivity contribution in [1.82, 2.24) is 20.5 Å². The predicted molar refractivity (Wildman–Crippen MR) is 162 cm³/mol. The van der Waals surface area contributed by atoms with E-state index >= 15 is 0 Å². The highest BCUT2D eigenvalue weighted by Crippen LogP contribution is 2.35. The molecule has 0 radical (unpaired) electrons. The third-order valence-corrected chi connectivity index (χ3v) is 7.43. The molecule has 0 bridgehead atoms. The molecule has 0 aliphatic rings. The van der Waals surface area contributed by atoms with Crippen LogP contribution < -0.4 is 15.4 Å². The van der Waals surface area contributed by atoms with Crippen LogP contribution in [0.5, 0.6) is 5.75 Å². The Morgan fingerprint density at radius 3 is 2.66 bits per heavy atom. The zero-order valence-electron chi connectivity index (χ0n) is 22.7. The molecule has 2 heterocycles. The van der Waals surface area contributed by atoms with Crippen molar-refractivity contribution in [1.29, 1.82) is 5.26 Å². The molecule has 0 unspecified atom stereocenters. The van der Waals surface area contributed by atoms with Crippen LogP contribution in [0.1, 0.15) is 22.3 Å². The van der Waals surface area contributed by atoms with E-state index in [1.807, 2.05) is 42.5 Å². The summed E-state index contributed by atoms with van der Waals surface area (Å²) in [5, 5.41) is 35.4. The first-order valence-corrected chi connectivity index (χ1v) is 14.1. The molecule has 9 heteroatoms. The fraction of sp³-hybridized carbons (Fsp3) is 0.188. The van der Waals surface area contributed by atoms with Crippen molar-refractivity contribution >= 4 is 22.2 Å². The number of aliphatic hydroxyl groups is 1. The molecule has 5 rings (SSSR count). The molecule has 0 saturated carbocycles. The maximum atomic E-state index is 9.22. The first-order chi connectivity index (χ1) is 20.1. The van der Waals surface area contributed by atoms with Gasteiger partial charge in [0, 0.05) is 48.7 Å². The average molecular weight is 563 g/mol. The summed E-state index contributed by atoms with van der Waals surface area (Å²) in [6.45, 7) is 3.62. The average Bonchev–Trinajstić information content (AvgIpc) is 3.47. The molecule has 8 nitrogen and oxygen atoms in total. The molecule has 2 aromatic heterocycles. The molecular weight excluding hydrogens is 532 g/mol. The van der Waals surface area contributed by atoms with Crippen molar-refractivity contribution < 1.29 is 9.84 Å². The number of aromatic nitrogens is 3. The first kappa shape index (κ1) is 27.9. The Morgan fingerprint density at radius 1 is 0.976 bits per heavy atom. The standard InChI is InChI=1S/C32H30N6O2S/c1-22-28(25-6-3-2-4-7-25)8-5-9-29(22)31-37-38-32(41-31)36-27-10-11-30(26(17-27)21-34-13-14-39)40-15-12-23-16-24(18-33)20-35-19-23/h2-11,16-17,19-20,34,39H,12-15,21H2,1H3,(H,36,38). The molecule has 3 aromatic carbocycles. The van der Waals surface area contributed by atoms with E-state index in [0.717, 1.165) is 38.7 Å². The summed E-state index contributed by atoms with van der Waals surface area (Å²) < 4.78 is 6.11. The number of nitriles is 1. The minimum atomic E-state index is 0.0504. The van der Waals surface area contributed by atoms with Crippen LogP contribution >= 0.6 is 11.3 Å². The van der Waals surface area contributed by atoms with E-state index in [1.165, 1.54) is 22.5 Å². The second kappa shape index (κ2) is 13.6. The summed E-state index contributed by atoms with van der Waals surface area (Å²) in [6.07, 6.45) is 3.92. The lowest BCUT2D eigenvalue weighted by molar-refractivity contribution is 0.290. The zero-order chi connectivity index (χ0) is 28.4. The molecule has 0 atom stereocenters. The smallest absolute Gasteiger partial charge is 0.210 e. The zero-order valence-corrected chi connectivity index (χ0v) is 23.5. The lowest BCUT2D eigenvalue weighted by Gasteiger charge is -2.14. The number of hydrogen-bond donors (Lipinski definition) is 3. The maximum Gasteiger partial charge on any atom is 0.210 e. The van der Waals surface area contributed by atoms with Crippen molar-refractivity contribution in [2.75, 3.05) is 25.1 Å². The van der Waals surface area contributed by atoms with Gasteiger partial charge in [-0.1, -0.05) is 59.9 Å². The van der Waals surface area contributed by atoms with Crippen LogP contribution in [0.2, 0.25) is 0 Å². The van der Waals surface area contributed by atoms with E-state index in [9.17, 15) is 5.11 Å². The topological polar surface area (TPSA) is 116 Å². The second-order valence-electron chi connectivity index (χ2n) is 9.40. The fourth-order valence-corrected chi connectivity index (χ4v) is 5.35. The van der Waals surface area contributed by atoms with Gasteiger partial charge in [-0.15, -0.1) is 10.2 Å².